The predicted molar refractivity (Wildman–Crippen MR) is 119 cm³/mol. The Kier molecular flexibility index (Phi) is 8.43. The van der Waals surface area contributed by atoms with Gasteiger partial charge in [-0.2, -0.15) is 0 Å². The quantitative estimate of drug-likeness (QED) is 0.529. The first-order valence-corrected chi connectivity index (χ1v) is 10.9. The smallest absolute Gasteiger partial charge is 0.194 e. The summed E-state index contributed by atoms with van der Waals surface area (Å²) < 4.78 is 10.6. The number of guanidine groups is 1. The predicted octanol–water partition coefficient (Wildman–Crippen LogP) is 1.89. The van der Waals surface area contributed by atoms with Crippen molar-refractivity contribution in [3.8, 4) is 5.75 Å². The van der Waals surface area contributed by atoms with E-state index < -0.39 is 0 Å². The number of anilines is 1. The molecule has 7 nitrogen and oxygen atoms in total. The fourth-order valence-electron chi connectivity index (χ4n) is 4.21. The van der Waals surface area contributed by atoms with Gasteiger partial charge in [0.1, 0.15) is 5.75 Å². The molecule has 0 aliphatic carbocycles. The number of nitrogens with one attached hydrogen (secondary N) is 1. The Morgan fingerprint density at radius 2 is 2.00 bits per heavy atom. The minimum absolute atomic E-state index is 0.539. The van der Waals surface area contributed by atoms with Gasteiger partial charge in [0.2, 0.25) is 0 Å². The molecular formula is C22H37N5O2. The van der Waals surface area contributed by atoms with Gasteiger partial charge in [-0.15, -0.1) is 0 Å². The number of hydrogen-bond acceptors (Lipinski definition) is 5. The van der Waals surface area contributed by atoms with Crippen LogP contribution in [0.3, 0.4) is 0 Å². The highest BCUT2D eigenvalue weighted by Gasteiger charge is 2.25. The molecule has 1 atom stereocenters. The molecule has 29 heavy (non-hydrogen) atoms. The summed E-state index contributed by atoms with van der Waals surface area (Å²) >= 11 is 0. The van der Waals surface area contributed by atoms with E-state index in [-0.39, 0.29) is 0 Å². The molecule has 0 aromatic heterocycles. The number of methoxy groups -OCH3 is 2. The largest absolute Gasteiger partial charge is 0.497 e. The molecule has 2 fully saturated rings. The standard InChI is InChI=1S/C22H37N5O2/c1-4-23-22(24-18-20-8-6-10-25(20)15-16-28-2)27-13-11-26(12-14-27)19-7-5-9-21(17-19)29-3/h5,7,9,17,20H,4,6,8,10-16,18H2,1-3H3,(H,23,24). The van der Waals surface area contributed by atoms with Gasteiger partial charge in [-0.3, -0.25) is 9.89 Å². The number of rotatable bonds is 8. The molecular weight excluding hydrogens is 366 g/mol. The van der Waals surface area contributed by atoms with E-state index in [4.69, 9.17) is 14.5 Å². The SMILES string of the molecule is CCNC(=NCC1CCCN1CCOC)N1CCN(c2cccc(OC)c2)CC1. The molecule has 3 rings (SSSR count). The first-order chi connectivity index (χ1) is 14.2. The summed E-state index contributed by atoms with van der Waals surface area (Å²) in [6, 6.07) is 8.87. The third-order valence-corrected chi connectivity index (χ3v) is 5.87. The number of ether oxygens (including phenoxy) is 2. The Labute approximate surface area is 175 Å². The van der Waals surface area contributed by atoms with Crippen molar-refractivity contribution in [3.63, 3.8) is 0 Å². The normalized spacial score (nSPS) is 20.9. The number of likely N-dealkylation sites (tertiary alicyclic amines) is 1. The molecule has 7 heteroatoms. The number of aliphatic imine (C=N–C) groups is 1. The van der Waals surface area contributed by atoms with Crippen LogP contribution in [0.15, 0.2) is 29.3 Å². The number of benzene rings is 1. The van der Waals surface area contributed by atoms with E-state index in [1.165, 1.54) is 25.1 Å². The lowest BCUT2D eigenvalue weighted by atomic mass is 10.2. The van der Waals surface area contributed by atoms with Gasteiger partial charge in [-0.05, 0) is 38.4 Å². The zero-order chi connectivity index (χ0) is 20.5. The van der Waals surface area contributed by atoms with Crippen LogP contribution in [0.4, 0.5) is 5.69 Å². The summed E-state index contributed by atoms with van der Waals surface area (Å²) in [7, 11) is 3.49. The van der Waals surface area contributed by atoms with Crippen LogP contribution in [0.25, 0.3) is 0 Å². The van der Waals surface area contributed by atoms with Crippen LogP contribution in [0.1, 0.15) is 19.8 Å². The van der Waals surface area contributed by atoms with Crippen molar-refractivity contribution < 1.29 is 9.47 Å². The van der Waals surface area contributed by atoms with Gasteiger partial charge in [0.05, 0.1) is 20.3 Å². The second-order valence-electron chi connectivity index (χ2n) is 7.70. The van der Waals surface area contributed by atoms with Crippen LogP contribution < -0.4 is 15.0 Å². The highest BCUT2D eigenvalue weighted by Crippen LogP contribution is 2.22. The lowest BCUT2D eigenvalue weighted by Crippen LogP contribution is -2.52. The molecule has 0 spiro atoms. The van der Waals surface area contributed by atoms with Gasteiger partial charge in [0.15, 0.2) is 5.96 Å². The van der Waals surface area contributed by atoms with Crippen molar-refractivity contribution >= 4 is 11.6 Å². The zero-order valence-electron chi connectivity index (χ0n) is 18.3. The molecule has 1 aromatic carbocycles. The molecule has 0 amide bonds. The summed E-state index contributed by atoms with van der Waals surface area (Å²) in [6.07, 6.45) is 2.50. The molecule has 0 radical (unpaired) electrons. The van der Waals surface area contributed by atoms with Gasteiger partial charge < -0.3 is 24.6 Å². The molecule has 0 saturated carbocycles. The summed E-state index contributed by atoms with van der Waals surface area (Å²) in [6.45, 7) is 10.8. The highest BCUT2D eigenvalue weighted by atomic mass is 16.5. The van der Waals surface area contributed by atoms with Crippen LogP contribution in [0.2, 0.25) is 0 Å². The second-order valence-corrected chi connectivity index (χ2v) is 7.70. The number of piperazine rings is 1. The van der Waals surface area contributed by atoms with Crippen molar-refractivity contribution in [1.82, 2.24) is 15.1 Å². The van der Waals surface area contributed by atoms with Crippen molar-refractivity contribution in [1.29, 1.82) is 0 Å². The Hall–Kier alpha value is -1.99. The fraction of sp³-hybridized carbons (Fsp3) is 0.682. The molecule has 1 aromatic rings. The van der Waals surface area contributed by atoms with Crippen LogP contribution in [0.5, 0.6) is 5.75 Å². The molecule has 1 N–H and O–H groups in total. The lowest BCUT2D eigenvalue weighted by molar-refractivity contribution is 0.142. The Balaban J connectivity index is 1.56. The highest BCUT2D eigenvalue weighted by molar-refractivity contribution is 5.80. The third-order valence-electron chi connectivity index (χ3n) is 5.87. The number of nitrogens with zero attached hydrogens (tertiary/aromatic N) is 4. The van der Waals surface area contributed by atoms with Gasteiger partial charge in [-0.25, -0.2) is 0 Å². The molecule has 2 heterocycles. The van der Waals surface area contributed by atoms with Gasteiger partial charge in [0, 0.05) is 64.2 Å². The summed E-state index contributed by atoms with van der Waals surface area (Å²) in [5, 5.41) is 3.50. The van der Waals surface area contributed by atoms with E-state index in [2.05, 4.69) is 45.1 Å². The maximum atomic E-state index is 5.37. The van der Waals surface area contributed by atoms with Crippen LogP contribution in [-0.4, -0.2) is 95.0 Å². The lowest BCUT2D eigenvalue weighted by Gasteiger charge is -2.38. The van der Waals surface area contributed by atoms with Gasteiger partial charge in [0.25, 0.3) is 0 Å². The van der Waals surface area contributed by atoms with Crippen LogP contribution in [0, 0.1) is 0 Å². The average molecular weight is 404 g/mol. The average Bonchev–Trinajstić information content (AvgIpc) is 3.22. The first-order valence-electron chi connectivity index (χ1n) is 10.9. The minimum Gasteiger partial charge on any atom is -0.497 e. The molecule has 2 saturated heterocycles. The molecule has 162 valence electrons. The maximum absolute atomic E-state index is 5.37. The monoisotopic (exact) mass is 403 g/mol. The summed E-state index contributed by atoms with van der Waals surface area (Å²) in [5.74, 6) is 1.96. The second kappa shape index (κ2) is 11.3. The molecule has 0 bridgehead atoms. The van der Waals surface area contributed by atoms with Crippen molar-refractivity contribution in [2.24, 2.45) is 4.99 Å². The Morgan fingerprint density at radius 1 is 1.17 bits per heavy atom. The summed E-state index contributed by atoms with van der Waals surface area (Å²) in [4.78, 5) is 12.4. The van der Waals surface area contributed by atoms with Gasteiger partial charge in [-0.1, -0.05) is 6.07 Å². The topological polar surface area (TPSA) is 52.6 Å². The maximum Gasteiger partial charge on any atom is 0.194 e. The van der Waals surface area contributed by atoms with E-state index >= 15 is 0 Å². The fourth-order valence-corrected chi connectivity index (χ4v) is 4.21. The van der Waals surface area contributed by atoms with E-state index in [1.54, 1.807) is 14.2 Å². The molecule has 2 aliphatic heterocycles. The van der Waals surface area contributed by atoms with E-state index in [9.17, 15) is 0 Å². The van der Waals surface area contributed by atoms with Crippen molar-refractivity contribution in [2.75, 3.05) is 78.1 Å². The van der Waals surface area contributed by atoms with Crippen molar-refractivity contribution in [2.45, 2.75) is 25.8 Å². The Morgan fingerprint density at radius 3 is 2.72 bits per heavy atom. The van der Waals surface area contributed by atoms with E-state index in [0.717, 1.165) is 64.1 Å². The van der Waals surface area contributed by atoms with Crippen LogP contribution >= 0.6 is 0 Å². The van der Waals surface area contributed by atoms with Gasteiger partial charge >= 0.3 is 0 Å². The first kappa shape index (κ1) is 21.7. The minimum atomic E-state index is 0.539. The number of hydrogen-bond donors (Lipinski definition) is 1. The third kappa shape index (κ3) is 6.00. The zero-order valence-corrected chi connectivity index (χ0v) is 18.3. The van der Waals surface area contributed by atoms with Crippen molar-refractivity contribution in [3.05, 3.63) is 24.3 Å². The molecule has 2 aliphatic rings. The molecule has 1 unspecified atom stereocenters. The van der Waals surface area contributed by atoms with Crippen LogP contribution in [-0.2, 0) is 4.74 Å². The van der Waals surface area contributed by atoms with E-state index in [1.807, 2.05) is 6.07 Å². The summed E-state index contributed by atoms with van der Waals surface area (Å²) in [5.41, 5.74) is 1.23. The Bertz CT molecular complexity index is 646. The van der Waals surface area contributed by atoms with E-state index in [0.29, 0.717) is 6.04 Å².